The summed E-state index contributed by atoms with van der Waals surface area (Å²) in [5, 5.41) is 0. The van der Waals surface area contributed by atoms with Gasteiger partial charge in [-0.05, 0) is 41.2 Å². The van der Waals surface area contributed by atoms with E-state index in [1.165, 1.54) is 6.20 Å². The van der Waals surface area contributed by atoms with E-state index in [4.69, 9.17) is 4.74 Å². The largest absolute Gasteiger partial charge is 0.497 e. The van der Waals surface area contributed by atoms with Crippen molar-refractivity contribution < 1.29 is 13.2 Å². The third-order valence-corrected chi connectivity index (χ3v) is 4.98. The first-order chi connectivity index (χ1) is 11.2. The highest BCUT2D eigenvalue weighted by Gasteiger charge is 2.16. The van der Waals surface area contributed by atoms with E-state index in [0.29, 0.717) is 12.1 Å². The minimum absolute atomic E-state index is 0.0130. The molecule has 0 aliphatic heterocycles. The predicted octanol–water partition coefficient (Wildman–Crippen LogP) is 3.37. The van der Waals surface area contributed by atoms with Gasteiger partial charge in [0.25, 0.3) is 0 Å². The molecule has 0 radical (unpaired) electrons. The average molecular weight is 348 g/mol. The smallest absolute Gasteiger partial charge is 0.233 e. The molecule has 0 saturated heterocycles. The van der Waals surface area contributed by atoms with E-state index in [2.05, 4.69) is 30.5 Å². The summed E-state index contributed by atoms with van der Waals surface area (Å²) in [7, 11) is -1.83. The fourth-order valence-corrected chi connectivity index (χ4v) is 3.26. The van der Waals surface area contributed by atoms with Gasteiger partial charge in [-0.15, -0.1) is 0 Å². The first kappa shape index (κ1) is 18.3. The molecule has 0 unspecified atom stereocenters. The predicted molar refractivity (Wildman–Crippen MR) is 97.0 cm³/mol. The minimum Gasteiger partial charge on any atom is -0.497 e. The zero-order chi connectivity index (χ0) is 17.8. The molecule has 0 aliphatic rings. The molecule has 130 valence electrons. The van der Waals surface area contributed by atoms with Crippen LogP contribution >= 0.6 is 0 Å². The van der Waals surface area contributed by atoms with Crippen LogP contribution in [0.1, 0.15) is 31.9 Å². The van der Waals surface area contributed by atoms with Crippen LogP contribution in [0.2, 0.25) is 0 Å². The van der Waals surface area contributed by atoms with Crippen molar-refractivity contribution >= 4 is 15.7 Å². The van der Waals surface area contributed by atoms with Crippen molar-refractivity contribution in [3.05, 3.63) is 53.9 Å². The SMILES string of the molecule is COc1ccc(CCS(=O)(=O)Nc2cncc(C(C)(C)C)c2)cc1. The molecule has 1 N–H and O–H groups in total. The van der Waals surface area contributed by atoms with E-state index in [0.717, 1.165) is 16.9 Å². The zero-order valence-corrected chi connectivity index (χ0v) is 15.4. The number of ether oxygens (including phenoxy) is 1. The Morgan fingerprint density at radius 2 is 1.79 bits per heavy atom. The molecule has 1 heterocycles. The van der Waals surface area contributed by atoms with Crippen LogP contribution in [0.25, 0.3) is 0 Å². The van der Waals surface area contributed by atoms with E-state index in [1.54, 1.807) is 13.3 Å². The van der Waals surface area contributed by atoms with Crippen molar-refractivity contribution in [1.82, 2.24) is 4.98 Å². The van der Waals surface area contributed by atoms with Gasteiger partial charge in [0.2, 0.25) is 10.0 Å². The molecular weight excluding hydrogens is 324 g/mol. The molecule has 0 aliphatic carbocycles. The standard InChI is InChI=1S/C18H24N2O3S/c1-18(2,3)15-11-16(13-19-12-15)20-24(21,22)10-9-14-5-7-17(23-4)8-6-14/h5-8,11-13,20H,9-10H2,1-4H3. The quantitative estimate of drug-likeness (QED) is 0.869. The van der Waals surface area contributed by atoms with Crippen molar-refractivity contribution in [2.75, 3.05) is 17.6 Å². The lowest BCUT2D eigenvalue weighted by molar-refractivity contribution is 0.414. The van der Waals surface area contributed by atoms with Crippen LogP contribution < -0.4 is 9.46 Å². The van der Waals surface area contributed by atoms with Crippen molar-refractivity contribution in [2.24, 2.45) is 0 Å². The van der Waals surface area contributed by atoms with E-state index < -0.39 is 10.0 Å². The summed E-state index contributed by atoms with van der Waals surface area (Å²) in [6.07, 6.45) is 3.72. The van der Waals surface area contributed by atoms with Gasteiger partial charge in [-0.3, -0.25) is 9.71 Å². The Bertz CT molecular complexity index is 779. The Morgan fingerprint density at radius 1 is 1.12 bits per heavy atom. The van der Waals surface area contributed by atoms with Gasteiger partial charge in [0.05, 0.1) is 24.7 Å². The Balaban J connectivity index is 2.03. The Hall–Kier alpha value is -2.08. The van der Waals surface area contributed by atoms with Crippen LogP contribution in [-0.2, 0) is 21.9 Å². The summed E-state index contributed by atoms with van der Waals surface area (Å²) in [5.41, 5.74) is 2.34. The van der Waals surface area contributed by atoms with Gasteiger partial charge in [-0.25, -0.2) is 8.42 Å². The van der Waals surface area contributed by atoms with E-state index in [1.807, 2.05) is 30.3 Å². The van der Waals surface area contributed by atoms with Crippen LogP contribution in [0.5, 0.6) is 5.75 Å². The van der Waals surface area contributed by atoms with Crippen LogP contribution in [0.4, 0.5) is 5.69 Å². The highest BCUT2D eigenvalue weighted by molar-refractivity contribution is 7.92. The molecule has 0 spiro atoms. The van der Waals surface area contributed by atoms with Gasteiger partial charge < -0.3 is 4.74 Å². The van der Waals surface area contributed by atoms with Gasteiger partial charge in [0.1, 0.15) is 5.75 Å². The minimum atomic E-state index is -3.43. The van der Waals surface area contributed by atoms with Gasteiger partial charge in [0.15, 0.2) is 0 Å². The van der Waals surface area contributed by atoms with Gasteiger partial charge in [0, 0.05) is 6.20 Å². The van der Waals surface area contributed by atoms with E-state index in [-0.39, 0.29) is 11.2 Å². The molecule has 0 amide bonds. The number of hydrogen-bond acceptors (Lipinski definition) is 4. The van der Waals surface area contributed by atoms with Crippen LogP contribution in [-0.4, -0.2) is 26.3 Å². The molecule has 0 fully saturated rings. The first-order valence-electron chi connectivity index (χ1n) is 7.78. The molecule has 2 aromatic rings. The van der Waals surface area contributed by atoms with Gasteiger partial charge in [-0.2, -0.15) is 0 Å². The molecular formula is C18H24N2O3S. The van der Waals surface area contributed by atoms with Crippen molar-refractivity contribution in [2.45, 2.75) is 32.6 Å². The molecule has 2 rings (SSSR count). The van der Waals surface area contributed by atoms with Crippen molar-refractivity contribution in [1.29, 1.82) is 0 Å². The maximum absolute atomic E-state index is 12.3. The van der Waals surface area contributed by atoms with Crippen molar-refractivity contribution in [3.63, 3.8) is 0 Å². The number of benzene rings is 1. The molecule has 0 atom stereocenters. The fourth-order valence-electron chi connectivity index (χ4n) is 2.18. The van der Waals surface area contributed by atoms with E-state index >= 15 is 0 Å². The summed E-state index contributed by atoms with van der Waals surface area (Å²) in [6, 6.07) is 9.22. The molecule has 0 saturated carbocycles. The number of anilines is 1. The Labute approximate surface area is 144 Å². The third-order valence-electron chi connectivity index (χ3n) is 3.70. The number of aromatic nitrogens is 1. The third kappa shape index (κ3) is 5.23. The number of aryl methyl sites for hydroxylation is 1. The number of nitrogens with zero attached hydrogens (tertiary/aromatic N) is 1. The molecule has 24 heavy (non-hydrogen) atoms. The summed E-state index contributed by atoms with van der Waals surface area (Å²) < 4.78 is 32.3. The maximum atomic E-state index is 12.3. The average Bonchev–Trinajstić information content (AvgIpc) is 2.52. The van der Waals surface area contributed by atoms with Crippen LogP contribution in [0, 0.1) is 0 Å². The number of pyridine rings is 1. The lowest BCUT2D eigenvalue weighted by Gasteiger charge is -2.19. The number of methoxy groups -OCH3 is 1. The molecule has 6 heteroatoms. The number of sulfonamides is 1. The van der Waals surface area contributed by atoms with Crippen molar-refractivity contribution in [3.8, 4) is 5.75 Å². The van der Waals surface area contributed by atoms with Crippen LogP contribution in [0.3, 0.4) is 0 Å². The summed E-state index contributed by atoms with van der Waals surface area (Å²) >= 11 is 0. The maximum Gasteiger partial charge on any atom is 0.233 e. The molecule has 1 aromatic carbocycles. The fraction of sp³-hybridized carbons (Fsp3) is 0.389. The molecule has 5 nitrogen and oxygen atoms in total. The lowest BCUT2D eigenvalue weighted by atomic mass is 9.88. The highest BCUT2D eigenvalue weighted by Crippen LogP contribution is 2.24. The normalized spacial score (nSPS) is 12.0. The second-order valence-corrected chi connectivity index (χ2v) is 8.57. The monoisotopic (exact) mass is 348 g/mol. The Morgan fingerprint density at radius 3 is 2.38 bits per heavy atom. The Kier molecular flexibility index (Phi) is 5.49. The second-order valence-electron chi connectivity index (χ2n) is 6.73. The summed E-state index contributed by atoms with van der Waals surface area (Å²) in [4.78, 5) is 4.13. The van der Waals surface area contributed by atoms with Gasteiger partial charge in [-0.1, -0.05) is 32.9 Å². The summed E-state index contributed by atoms with van der Waals surface area (Å²) in [5.74, 6) is 0.767. The number of nitrogens with one attached hydrogen (secondary N) is 1. The number of hydrogen-bond donors (Lipinski definition) is 1. The summed E-state index contributed by atoms with van der Waals surface area (Å²) in [6.45, 7) is 6.18. The van der Waals surface area contributed by atoms with E-state index in [9.17, 15) is 8.42 Å². The second kappa shape index (κ2) is 7.21. The van der Waals surface area contributed by atoms with Gasteiger partial charge >= 0.3 is 0 Å². The lowest BCUT2D eigenvalue weighted by Crippen LogP contribution is -2.19. The van der Waals surface area contributed by atoms with Crippen LogP contribution in [0.15, 0.2) is 42.7 Å². The zero-order valence-electron chi connectivity index (χ0n) is 14.5. The topological polar surface area (TPSA) is 68.3 Å². The first-order valence-corrected chi connectivity index (χ1v) is 9.44. The number of rotatable bonds is 6. The highest BCUT2D eigenvalue weighted by atomic mass is 32.2. The molecule has 1 aromatic heterocycles. The molecule has 0 bridgehead atoms.